The number of carboxylic acids is 2. The molecule has 0 aromatic carbocycles. The number of aromatic nitrogens is 1. The standard InChI is InChI=1S/C7H7NO4/c1-8-3-2-4(6(9)10)5(8)7(11)12/h2-3H,1H3,(H,9,10)(H,11,12). The highest BCUT2D eigenvalue weighted by molar-refractivity contribution is 6.00. The van der Waals surface area contributed by atoms with Crippen molar-refractivity contribution in [2.45, 2.75) is 0 Å². The summed E-state index contributed by atoms with van der Waals surface area (Å²) in [5, 5.41) is 17.2. The zero-order valence-electron chi connectivity index (χ0n) is 6.31. The molecule has 0 radical (unpaired) electrons. The molecule has 0 spiro atoms. The minimum atomic E-state index is -1.24. The summed E-state index contributed by atoms with van der Waals surface area (Å²) in [6, 6.07) is 1.26. The molecule has 1 aromatic rings. The Morgan fingerprint density at radius 2 is 1.92 bits per heavy atom. The average Bonchev–Trinajstić information content (AvgIpc) is 2.30. The molecule has 0 aliphatic rings. The summed E-state index contributed by atoms with van der Waals surface area (Å²) in [7, 11) is 1.48. The molecule has 0 aliphatic carbocycles. The van der Waals surface area contributed by atoms with Crippen LogP contribution in [0.5, 0.6) is 0 Å². The highest BCUT2D eigenvalue weighted by Crippen LogP contribution is 2.09. The van der Waals surface area contributed by atoms with E-state index in [0.29, 0.717) is 0 Å². The lowest BCUT2D eigenvalue weighted by Crippen LogP contribution is -2.10. The van der Waals surface area contributed by atoms with Crippen LogP contribution in [-0.4, -0.2) is 26.7 Å². The van der Waals surface area contributed by atoms with Crippen molar-refractivity contribution in [2.24, 2.45) is 7.05 Å². The van der Waals surface area contributed by atoms with Crippen LogP contribution in [-0.2, 0) is 7.05 Å². The molecule has 0 fully saturated rings. The molecular formula is C7H7NO4. The van der Waals surface area contributed by atoms with Gasteiger partial charge < -0.3 is 14.8 Å². The number of hydrogen-bond acceptors (Lipinski definition) is 2. The summed E-state index contributed by atoms with van der Waals surface area (Å²) in [4.78, 5) is 21.0. The molecule has 5 nitrogen and oxygen atoms in total. The van der Waals surface area contributed by atoms with Crippen molar-refractivity contribution in [2.75, 3.05) is 0 Å². The lowest BCUT2D eigenvalue weighted by Gasteiger charge is -1.97. The zero-order valence-corrected chi connectivity index (χ0v) is 6.31. The van der Waals surface area contributed by atoms with Gasteiger partial charge in [0.2, 0.25) is 0 Å². The quantitative estimate of drug-likeness (QED) is 0.672. The van der Waals surface area contributed by atoms with Gasteiger partial charge in [0.15, 0.2) is 0 Å². The van der Waals surface area contributed by atoms with Crippen molar-refractivity contribution in [1.29, 1.82) is 0 Å². The number of carboxylic acid groups (broad SMARTS) is 2. The molecule has 0 atom stereocenters. The number of carbonyl (C=O) groups is 2. The SMILES string of the molecule is Cn1ccc(C(=O)O)c1C(=O)O. The summed E-state index contributed by atoms with van der Waals surface area (Å²) in [5.41, 5.74) is -0.396. The van der Waals surface area contributed by atoms with Gasteiger partial charge in [-0.1, -0.05) is 0 Å². The number of rotatable bonds is 2. The van der Waals surface area contributed by atoms with Gasteiger partial charge in [0.05, 0.1) is 5.56 Å². The Morgan fingerprint density at radius 3 is 2.25 bits per heavy atom. The minimum Gasteiger partial charge on any atom is -0.478 e. The molecule has 0 amide bonds. The fourth-order valence-electron chi connectivity index (χ4n) is 0.968. The van der Waals surface area contributed by atoms with Crippen LogP contribution < -0.4 is 0 Å². The van der Waals surface area contributed by atoms with Gasteiger partial charge in [-0.25, -0.2) is 9.59 Å². The molecule has 0 saturated heterocycles. The summed E-state index contributed by atoms with van der Waals surface area (Å²) >= 11 is 0. The molecule has 0 bridgehead atoms. The Bertz CT molecular complexity index is 339. The molecule has 0 saturated carbocycles. The van der Waals surface area contributed by atoms with Gasteiger partial charge in [-0.3, -0.25) is 0 Å². The molecule has 0 aliphatic heterocycles. The van der Waals surface area contributed by atoms with Gasteiger partial charge in [-0.15, -0.1) is 0 Å². The zero-order chi connectivity index (χ0) is 9.30. The van der Waals surface area contributed by atoms with Crippen LogP contribution in [0, 0.1) is 0 Å². The first-order valence-corrected chi connectivity index (χ1v) is 3.16. The highest BCUT2D eigenvalue weighted by atomic mass is 16.4. The number of aromatic carboxylic acids is 2. The highest BCUT2D eigenvalue weighted by Gasteiger charge is 2.18. The van der Waals surface area contributed by atoms with E-state index >= 15 is 0 Å². The van der Waals surface area contributed by atoms with Crippen LogP contribution in [0.4, 0.5) is 0 Å². The van der Waals surface area contributed by atoms with Crippen LogP contribution in [0.2, 0.25) is 0 Å². The first-order chi connectivity index (χ1) is 5.54. The topological polar surface area (TPSA) is 79.5 Å². The third kappa shape index (κ3) is 1.16. The fourth-order valence-corrected chi connectivity index (χ4v) is 0.968. The molecule has 0 unspecified atom stereocenters. The second kappa shape index (κ2) is 2.69. The predicted octanol–water partition coefficient (Wildman–Crippen LogP) is 0.421. The first-order valence-electron chi connectivity index (χ1n) is 3.16. The van der Waals surface area contributed by atoms with Crippen molar-refractivity contribution in [3.63, 3.8) is 0 Å². The molecule has 2 N–H and O–H groups in total. The summed E-state index contributed by atoms with van der Waals surface area (Å²) in [6.07, 6.45) is 1.40. The van der Waals surface area contributed by atoms with E-state index in [0.717, 1.165) is 0 Å². The minimum absolute atomic E-state index is 0.190. The second-order valence-electron chi connectivity index (χ2n) is 2.30. The van der Waals surface area contributed by atoms with E-state index in [1.807, 2.05) is 0 Å². The summed E-state index contributed by atoms with van der Waals surface area (Å²) in [6.45, 7) is 0. The lowest BCUT2D eigenvalue weighted by molar-refractivity contribution is 0.0645. The number of aryl methyl sites for hydroxylation is 1. The third-order valence-electron chi connectivity index (χ3n) is 1.51. The van der Waals surface area contributed by atoms with Crippen LogP contribution in [0.1, 0.15) is 20.8 Å². The third-order valence-corrected chi connectivity index (χ3v) is 1.51. The van der Waals surface area contributed by atoms with E-state index in [-0.39, 0.29) is 11.3 Å². The first kappa shape index (κ1) is 8.32. The van der Waals surface area contributed by atoms with Crippen molar-refractivity contribution in [3.8, 4) is 0 Å². The average molecular weight is 169 g/mol. The van der Waals surface area contributed by atoms with Crippen molar-refractivity contribution in [3.05, 3.63) is 23.5 Å². The molecule has 1 heterocycles. The van der Waals surface area contributed by atoms with Crippen molar-refractivity contribution in [1.82, 2.24) is 4.57 Å². The Labute approximate surface area is 67.9 Å². The van der Waals surface area contributed by atoms with Crippen LogP contribution >= 0.6 is 0 Å². The van der Waals surface area contributed by atoms with Gasteiger partial charge in [-0.05, 0) is 6.07 Å². The largest absolute Gasteiger partial charge is 0.478 e. The van der Waals surface area contributed by atoms with Gasteiger partial charge in [0, 0.05) is 13.2 Å². The predicted molar refractivity (Wildman–Crippen MR) is 39.3 cm³/mol. The van der Waals surface area contributed by atoms with E-state index in [9.17, 15) is 9.59 Å². The molecule has 12 heavy (non-hydrogen) atoms. The monoisotopic (exact) mass is 169 g/mol. The number of nitrogens with zero attached hydrogens (tertiary/aromatic N) is 1. The second-order valence-corrected chi connectivity index (χ2v) is 2.30. The van der Waals surface area contributed by atoms with Crippen LogP contribution in [0.25, 0.3) is 0 Å². The molecule has 64 valence electrons. The molecular weight excluding hydrogens is 162 g/mol. The maximum Gasteiger partial charge on any atom is 0.353 e. The normalized spacial score (nSPS) is 9.75. The van der Waals surface area contributed by atoms with Crippen LogP contribution in [0.15, 0.2) is 12.3 Å². The van der Waals surface area contributed by atoms with Gasteiger partial charge >= 0.3 is 11.9 Å². The van der Waals surface area contributed by atoms with Gasteiger partial charge in [0.25, 0.3) is 0 Å². The van der Waals surface area contributed by atoms with Crippen molar-refractivity contribution >= 4 is 11.9 Å². The fraction of sp³-hybridized carbons (Fsp3) is 0.143. The summed E-state index contributed by atoms with van der Waals surface area (Å²) < 4.78 is 1.26. The molecule has 1 rings (SSSR count). The van der Waals surface area contributed by atoms with E-state index in [1.165, 1.54) is 23.9 Å². The maximum absolute atomic E-state index is 10.5. The van der Waals surface area contributed by atoms with E-state index in [2.05, 4.69) is 0 Å². The summed E-state index contributed by atoms with van der Waals surface area (Å²) in [5.74, 6) is -2.46. The smallest absolute Gasteiger partial charge is 0.353 e. The lowest BCUT2D eigenvalue weighted by atomic mass is 10.2. The van der Waals surface area contributed by atoms with Crippen molar-refractivity contribution < 1.29 is 19.8 Å². The van der Waals surface area contributed by atoms with Gasteiger partial charge in [-0.2, -0.15) is 0 Å². The molecule has 5 heteroatoms. The Hall–Kier alpha value is -1.78. The Morgan fingerprint density at radius 1 is 1.33 bits per heavy atom. The van der Waals surface area contributed by atoms with E-state index < -0.39 is 11.9 Å². The van der Waals surface area contributed by atoms with Crippen LogP contribution in [0.3, 0.4) is 0 Å². The van der Waals surface area contributed by atoms with E-state index in [4.69, 9.17) is 10.2 Å². The Kier molecular flexibility index (Phi) is 1.86. The Balaban J connectivity index is 3.31. The number of hydrogen-bond donors (Lipinski definition) is 2. The van der Waals surface area contributed by atoms with E-state index in [1.54, 1.807) is 0 Å². The molecule has 1 aromatic heterocycles. The maximum atomic E-state index is 10.5. The van der Waals surface area contributed by atoms with Gasteiger partial charge in [0.1, 0.15) is 5.69 Å².